The summed E-state index contributed by atoms with van der Waals surface area (Å²) < 4.78 is 0. The number of aliphatic hydroxyl groups is 3. The summed E-state index contributed by atoms with van der Waals surface area (Å²) in [5, 5.41) is 30.4. The van der Waals surface area contributed by atoms with E-state index in [1.807, 2.05) is 35.2 Å². The zero-order chi connectivity index (χ0) is 17.2. The smallest absolute Gasteiger partial charge is 0.223 e. The van der Waals surface area contributed by atoms with E-state index in [1.54, 1.807) is 4.90 Å². The molecule has 0 radical (unpaired) electrons. The van der Waals surface area contributed by atoms with Crippen LogP contribution in [-0.2, 0) is 11.2 Å². The zero-order valence-corrected chi connectivity index (χ0v) is 13.8. The molecule has 1 aromatic carbocycles. The monoisotopic (exact) mass is 334 g/mol. The number of hydrogen-bond acceptors (Lipinski definition) is 5. The highest BCUT2D eigenvalue weighted by atomic mass is 16.3. The third-order valence-corrected chi connectivity index (χ3v) is 5.02. The van der Waals surface area contributed by atoms with E-state index >= 15 is 0 Å². The third kappa shape index (κ3) is 3.95. The Balaban J connectivity index is 1.54. The lowest BCUT2D eigenvalue weighted by Gasteiger charge is -2.47. The lowest BCUT2D eigenvalue weighted by Crippen LogP contribution is -2.66. The highest BCUT2D eigenvalue weighted by molar-refractivity contribution is 5.76. The molecule has 6 heteroatoms. The van der Waals surface area contributed by atoms with Crippen LogP contribution in [0.4, 0.5) is 0 Å². The fourth-order valence-electron chi connectivity index (χ4n) is 3.54. The Bertz CT molecular complexity index is 561. The number of rotatable bonds is 5. The first-order valence-corrected chi connectivity index (χ1v) is 8.59. The Morgan fingerprint density at radius 3 is 2.58 bits per heavy atom. The summed E-state index contributed by atoms with van der Waals surface area (Å²) in [6.45, 7) is 1.93. The maximum absolute atomic E-state index is 12.5. The molecule has 2 aliphatic rings. The van der Waals surface area contributed by atoms with E-state index in [1.165, 1.54) is 0 Å². The number of carbonyl (C=O) groups excluding carboxylic acids is 1. The van der Waals surface area contributed by atoms with Crippen LogP contribution in [0.5, 0.6) is 0 Å². The minimum Gasteiger partial charge on any atom is -0.390 e. The maximum atomic E-state index is 12.5. The van der Waals surface area contributed by atoms with E-state index in [2.05, 4.69) is 0 Å². The van der Waals surface area contributed by atoms with Gasteiger partial charge in [-0.3, -0.25) is 9.69 Å². The summed E-state index contributed by atoms with van der Waals surface area (Å²) in [6, 6.07) is 9.86. The summed E-state index contributed by atoms with van der Waals surface area (Å²) in [7, 11) is 0. The molecule has 2 atom stereocenters. The number of piperidine rings is 1. The number of β-amino-alcohol motifs (C(OH)–C–C–N with tert-alkyl or cyclic N) is 2. The molecule has 3 N–H and O–H groups in total. The Morgan fingerprint density at radius 1 is 1.21 bits per heavy atom. The van der Waals surface area contributed by atoms with Crippen molar-refractivity contribution in [3.05, 3.63) is 35.9 Å². The topological polar surface area (TPSA) is 84.2 Å². The van der Waals surface area contributed by atoms with Gasteiger partial charge in [0.1, 0.15) is 5.60 Å². The first kappa shape index (κ1) is 17.4. The van der Waals surface area contributed by atoms with E-state index in [4.69, 9.17) is 0 Å². The minimum atomic E-state index is -1.32. The number of amides is 1. The van der Waals surface area contributed by atoms with Gasteiger partial charge in [-0.05, 0) is 18.4 Å². The third-order valence-electron chi connectivity index (χ3n) is 5.02. The molecule has 2 heterocycles. The SMILES string of the molecule is O=C(CCc1ccccc1)N1CC[C@H](O)[C@@](O)(CN2CC(O)C2)C1. The summed E-state index contributed by atoms with van der Waals surface area (Å²) in [5.41, 5.74) is -0.200. The highest BCUT2D eigenvalue weighted by Gasteiger charge is 2.45. The largest absolute Gasteiger partial charge is 0.390 e. The molecule has 1 aromatic rings. The maximum Gasteiger partial charge on any atom is 0.223 e. The first-order chi connectivity index (χ1) is 11.5. The number of hydrogen-bond donors (Lipinski definition) is 3. The van der Waals surface area contributed by atoms with Crippen molar-refractivity contribution in [1.82, 2.24) is 9.80 Å². The van der Waals surface area contributed by atoms with Crippen molar-refractivity contribution in [3.8, 4) is 0 Å². The average molecular weight is 334 g/mol. The molecule has 132 valence electrons. The van der Waals surface area contributed by atoms with Gasteiger partial charge >= 0.3 is 0 Å². The van der Waals surface area contributed by atoms with E-state index in [9.17, 15) is 20.1 Å². The summed E-state index contributed by atoms with van der Waals surface area (Å²) >= 11 is 0. The van der Waals surface area contributed by atoms with Gasteiger partial charge in [0, 0.05) is 32.6 Å². The van der Waals surface area contributed by atoms with Crippen LogP contribution in [0.2, 0.25) is 0 Å². The van der Waals surface area contributed by atoms with Crippen LogP contribution in [0.15, 0.2) is 30.3 Å². The van der Waals surface area contributed by atoms with Crippen molar-refractivity contribution in [1.29, 1.82) is 0 Å². The van der Waals surface area contributed by atoms with Gasteiger partial charge in [-0.1, -0.05) is 30.3 Å². The number of nitrogens with zero attached hydrogens (tertiary/aromatic N) is 2. The molecule has 1 amide bonds. The molecule has 24 heavy (non-hydrogen) atoms. The van der Waals surface area contributed by atoms with Crippen LogP contribution < -0.4 is 0 Å². The second-order valence-corrected chi connectivity index (χ2v) is 7.06. The number of likely N-dealkylation sites (tertiary alicyclic amines) is 2. The Hall–Kier alpha value is -1.47. The predicted octanol–water partition coefficient (Wildman–Crippen LogP) is -0.380. The Labute approximate surface area is 142 Å². The normalized spacial score (nSPS) is 28.6. The predicted molar refractivity (Wildman–Crippen MR) is 89.4 cm³/mol. The van der Waals surface area contributed by atoms with Gasteiger partial charge in [0.05, 0.1) is 18.8 Å². The van der Waals surface area contributed by atoms with Gasteiger partial charge in [0.25, 0.3) is 0 Å². The van der Waals surface area contributed by atoms with Gasteiger partial charge in [0.2, 0.25) is 5.91 Å². The number of carbonyl (C=O) groups is 1. The van der Waals surface area contributed by atoms with E-state index < -0.39 is 11.7 Å². The lowest BCUT2D eigenvalue weighted by molar-refractivity contribution is -0.163. The molecule has 2 fully saturated rings. The van der Waals surface area contributed by atoms with Crippen LogP contribution in [0.3, 0.4) is 0 Å². The zero-order valence-electron chi connectivity index (χ0n) is 13.8. The van der Waals surface area contributed by atoms with E-state index in [0.29, 0.717) is 38.9 Å². The summed E-state index contributed by atoms with van der Waals surface area (Å²) in [6.07, 6.45) is 0.268. The Kier molecular flexibility index (Phi) is 5.20. The van der Waals surface area contributed by atoms with Crippen LogP contribution in [0.25, 0.3) is 0 Å². The Morgan fingerprint density at radius 2 is 1.92 bits per heavy atom. The lowest BCUT2D eigenvalue weighted by atomic mass is 9.87. The second-order valence-electron chi connectivity index (χ2n) is 7.06. The molecule has 0 saturated carbocycles. The van der Waals surface area contributed by atoms with Gasteiger partial charge in [0.15, 0.2) is 0 Å². The first-order valence-electron chi connectivity index (χ1n) is 8.59. The fraction of sp³-hybridized carbons (Fsp3) is 0.611. The summed E-state index contributed by atoms with van der Waals surface area (Å²) in [4.78, 5) is 16.0. The molecule has 2 saturated heterocycles. The van der Waals surface area contributed by atoms with Crippen molar-refractivity contribution in [3.63, 3.8) is 0 Å². The van der Waals surface area contributed by atoms with Crippen LogP contribution in [-0.4, -0.2) is 81.6 Å². The number of aliphatic hydroxyl groups excluding tert-OH is 2. The fourth-order valence-corrected chi connectivity index (χ4v) is 3.54. The molecule has 0 spiro atoms. The molecule has 0 unspecified atom stereocenters. The average Bonchev–Trinajstić information content (AvgIpc) is 2.55. The molecule has 0 bridgehead atoms. The molecule has 6 nitrogen and oxygen atoms in total. The van der Waals surface area contributed by atoms with Crippen molar-refractivity contribution in [2.24, 2.45) is 0 Å². The van der Waals surface area contributed by atoms with Crippen LogP contribution in [0.1, 0.15) is 18.4 Å². The molecule has 3 rings (SSSR count). The van der Waals surface area contributed by atoms with Gasteiger partial charge in [-0.25, -0.2) is 0 Å². The van der Waals surface area contributed by atoms with Crippen molar-refractivity contribution in [2.75, 3.05) is 32.7 Å². The molecule has 0 aliphatic carbocycles. The van der Waals surface area contributed by atoms with Crippen molar-refractivity contribution >= 4 is 5.91 Å². The summed E-state index contributed by atoms with van der Waals surface area (Å²) in [5.74, 6) is 0.00724. The molecular formula is C18H26N2O4. The van der Waals surface area contributed by atoms with E-state index in [-0.39, 0.29) is 25.1 Å². The quantitative estimate of drug-likeness (QED) is 0.684. The highest BCUT2D eigenvalue weighted by Crippen LogP contribution is 2.25. The standard InChI is InChI=1S/C18H26N2O4/c21-15-10-19(11-15)12-18(24)13-20(9-8-16(18)22)17(23)7-6-14-4-2-1-3-5-14/h1-5,15-16,21-22,24H,6-13H2/t16-,18+/m0/s1. The van der Waals surface area contributed by atoms with Crippen molar-refractivity contribution in [2.45, 2.75) is 37.1 Å². The molecule has 0 aromatic heterocycles. The van der Waals surface area contributed by atoms with Crippen LogP contribution >= 0.6 is 0 Å². The van der Waals surface area contributed by atoms with Gasteiger partial charge < -0.3 is 20.2 Å². The van der Waals surface area contributed by atoms with Gasteiger partial charge in [-0.15, -0.1) is 0 Å². The second kappa shape index (κ2) is 7.19. The molecule has 2 aliphatic heterocycles. The van der Waals surface area contributed by atoms with Crippen LogP contribution in [0, 0.1) is 0 Å². The number of benzene rings is 1. The molecular weight excluding hydrogens is 308 g/mol. The van der Waals surface area contributed by atoms with Gasteiger partial charge in [-0.2, -0.15) is 0 Å². The van der Waals surface area contributed by atoms with Crippen molar-refractivity contribution < 1.29 is 20.1 Å². The van der Waals surface area contributed by atoms with E-state index in [0.717, 1.165) is 5.56 Å². The minimum absolute atomic E-state index is 0.00724. The number of aryl methyl sites for hydroxylation is 1.